The van der Waals surface area contributed by atoms with E-state index in [1.165, 1.54) is 68.9 Å². The molecule has 0 spiro atoms. The number of nitrogens with zero attached hydrogens (tertiary/aromatic N) is 2. The van der Waals surface area contributed by atoms with Crippen molar-refractivity contribution in [1.29, 1.82) is 0 Å². The van der Waals surface area contributed by atoms with Crippen LogP contribution in [0.5, 0.6) is 0 Å². The lowest BCUT2D eigenvalue weighted by Crippen LogP contribution is -2.26. The molecule has 1 N–H and O–H groups in total. The first-order valence-corrected chi connectivity index (χ1v) is 9.61. The van der Waals surface area contributed by atoms with E-state index in [9.17, 15) is 0 Å². The van der Waals surface area contributed by atoms with Gasteiger partial charge in [0.15, 0.2) is 5.13 Å². The predicted octanol–water partition coefficient (Wildman–Crippen LogP) is 4.15. The van der Waals surface area contributed by atoms with Crippen molar-refractivity contribution >= 4 is 16.5 Å². The van der Waals surface area contributed by atoms with Crippen LogP contribution in [0.4, 0.5) is 5.13 Å². The van der Waals surface area contributed by atoms with E-state index in [1.807, 2.05) is 11.3 Å². The Bertz CT molecular complexity index is 457. The maximum Gasteiger partial charge on any atom is 0.185 e. The molecular formula is C17H29N3S. The van der Waals surface area contributed by atoms with Crippen LogP contribution in [0, 0.1) is 5.92 Å². The number of rotatable bonds is 4. The third kappa shape index (κ3) is 3.42. The molecule has 4 heteroatoms. The van der Waals surface area contributed by atoms with Gasteiger partial charge in [0.1, 0.15) is 0 Å². The lowest BCUT2D eigenvalue weighted by atomic mass is 9.98. The number of hydrogen-bond acceptors (Lipinski definition) is 4. The Balaban J connectivity index is 1.74. The second kappa shape index (κ2) is 7.10. The highest BCUT2D eigenvalue weighted by atomic mass is 32.1. The summed E-state index contributed by atoms with van der Waals surface area (Å²) in [7, 11) is 0. The van der Waals surface area contributed by atoms with Crippen molar-refractivity contribution in [2.45, 2.75) is 64.8 Å². The Morgan fingerprint density at radius 1 is 1.19 bits per heavy atom. The van der Waals surface area contributed by atoms with Crippen molar-refractivity contribution in [1.82, 2.24) is 10.3 Å². The van der Waals surface area contributed by atoms with Gasteiger partial charge in [-0.25, -0.2) is 4.98 Å². The summed E-state index contributed by atoms with van der Waals surface area (Å²) in [6, 6.07) is 0.499. The zero-order chi connectivity index (χ0) is 14.7. The second-order valence-corrected chi connectivity index (χ2v) is 7.56. The lowest BCUT2D eigenvalue weighted by Gasteiger charge is -2.21. The van der Waals surface area contributed by atoms with Crippen LogP contribution in [-0.2, 0) is 6.42 Å². The van der Waals surface area contributed by atoms with Crippen molar-refractivity contribution in [3.05, 3.63) is 10.6 Å². The second-order valence-electron chi connectivity index (χ2n) is 6.50. The normalized spacial score (nSPS) is 26.5. The number of aryl methyl sites for hydroxylation is 1. The molecule has 1 fully saturated rings. The van der Waals surface area contributed by atoms with Crippen LogP contribution in [0.15, 0.2) is 0 Å². The summed E-state index contributed by atoms with van der Waals surface area (Å²) in [4.78, 5) is 9.15. The number of anilines is 1. The quantitative estimate of drug-likeness (QED) is 0.906. The van der Waals surface area contributed by atoms with Crippen molar-refractivity contribution in [3.8, 4) is 0 Å². The number of thiazole rings is 1. The van der Waals surface area contributed by atoms with Gasteiger partial charge in [0, 0.05) is 18.0 Å². The summed E-state index contributed by atoms with van der Waals surface area (Å²) >= 11 is 1.96. The van der Waals surface area contributed by atoms with Crippen LogP contribution in [0.25, 0.3) is 0 Å². The van der Waals surface area contributed by atoms with Crippen molar-refractivity contribution in [2.75, 3.05) is 24.5 Å². The number of nitrogens with one attached hydrogen (secondary N) is 1. The highest BCUT2D eigenvalue weighted by Gasteiger charge is 2.26. The molecule has 0 aromatic carbocycles. The molecule has 1 aliphatic heterocycles. The topological polar surface area (TPSA) is 28.2 Å². The van der Waals surface area contributed by atoms with Gasteiger partial charge < -0.3 is 10.2 Å². The molecule has 0 saturated carbocycles. The minimum Gasteiger partial charge on any atom is -0.348 e. The van der Waals surface area contributed by atoms with E-state index in [2.05, 4.69) is 24.1 Å². The maximum absolute atomic E-state index is 5.05. The maximum atomic E-state index is 5.05. The number of hydrogen-bond donors (Lipinski definition) is 1. The summed E-state index contributed by atoms with van der Waals surface area (Å²) in [5, 5.41) is 4.90. The summed E-state index contributed by atoms with van der Waals surface area (Å²) in [5.41, 5.74) is 1.36. The molecule has 3 nitrogen and oxygen atoms in total. The van der Waals surface area contributed by atoms with E-state index in [1.54, 1.807) is 4.88 Å². The van der Waals surface area contributed by atoms with Gasteiger partial charge in [0.2, 0.25) is 0 Å². The molecule has 0 bridgehead atoms. The highest BCUT2D eigenvalue weighted by molar-refractivity contribution is 7.15. The molecule has 2 heterocycles. The third-order valence-corrected chi connectivity index (χ3v) is 6.28. The smallest absolute Gasteiger partial charge is 0.185 e. The van der Waals surface area contributed by atoms with Crippen LogP contribution in [0.1, 0.15) is 69.0 Å². The zero-order valence-corrected chi connectivity index (χ0v) is 14.3. The van der Waals surface area contributed by atoms with Crippen molar-refractivity contribution in [3.63, 3.8) is 0 Å². The van der Waals surface area contributed by atoms with E-state index >= 15 is 0 Å². The molecule has 1 aromatic rings. The molecule has 0 amide bonds. The van der Waals surface area contributed by atoms with Gasteiger partial charge in [0.05, 0.1) is 11.7 Å². The van der Waals surface area contributed by atoms with Crippen molar-refractivity contribution in [2.24, 2.45) is 5.92 Å². The van der Waals surface area contributed by atoms with Gasteiger partial charge in [-0.15, -0.1) is 11.3 Å². The van der Waals surface area contributed by atoms with Gasteiger partial charge in [-0.05, 0) is 51.0 Å². The van der Waals surface area contributed by atoms with E-state index in [-0.39, 0.29) is 0 Å². The zero-order valence-electron chi connectivity index (χ0n) is 13.5. The first kappa shape index (κ1) is 15.3. The van der Waals surface area contributed by atoms with Gasteiger partial charge in [0.25, 0.3) is 0 Å². The van der Waals surface area contributed by atoms with Gasteiger partial charge in [-0.3, -0.25) is 0 Å². The molecule has 2 aliphatic rings. The fraction of sp³-hybridized carbons (Fsp3) is 0.824. The average Bonchev–Trinajstić information content (AvgIpc) is 2.79. The first-order chi connectivity index (χ1) is 10.3. The molecule has 3 rings (SSSR count). The Morgan fingerprint density at radius 3 is 2.90 bits per heavy atom. The first-order valence-electron chi connectivity index (χ1n) is 8.79. The van der Waals surface area contributed by atoms with E-state index < -0.39 is 0 Å². The van der Waals surface area contributed by atoms with Gasteiger partial charge in [-0.1, -0.05) is 20.3 Å². The van der Waals surface area contributed by atoms with Gasteiger partial charge in [-0.2, -0.15) is 0 Å². The summed E-state index contributed by atoms with van der Waals surface area (Å²) in [5.74, 6) is 0.930. The predicted molar refractivity (Wildman–Crippen MR) is 91.3 cm³/mol. The SMILES string of the molecule is CCNC1CCCc2sc(N3CCCC(CC)CC3)nc21. The van der Waals surface area contributed by atoms with Crippen LogP contribution in [0.2, 0.25) is 0 Å². The van der Waals surface area contributed by atoms with E-state index in [4.69, 9.17) is 4.98 Å². The number of aromatic nitrogens is 1. The Labute approximate surface area is 133 Å². The monoisotopic (exact) mass is 307 g/mol. The molecule has 21 heavy (non-hydrogen) atoms. The van der Waals surface area contributed by atoms with E-state index in [0.717, 1.165) is 12.5 Å². The molecular weight excluding hydrogens is 278 g/mol. The van der Waals surface area contributed by atoms with Crippen LogP contribution >= 0.6 is 11.3 Å². The van der Waals surface area contributed by atoms with Crippen LogP contribution in [0.3, 0.4) is 0 Å². The van der Waals surface area contributed by atoms with Crippen molar-refractivity contribution < 1.29 is 0 Å². The minimum absolute atomic E-state index is 0.499. The fourth-order valence-electron chi connectivity index (χ4n) is 3.75. The van der Waals surface area contributed by atoms with Crippen LogP contribution in [-0.4, -0.2) is 24.6 Å². The Hall–Kier alpha value is -0.610. The highest BCUT2D eigenvalue weighted by Crippen LogP contribution is 2.37. The molecule has 1 saturated heterocycles. The molecule has 2 unspecified atom stereocenters. The third-order valence-electron chi connectivity index (χ3n) is 5.09. The minimum atomic E-state index is 0.499. The molecule has 1 aliphatic carbocycles. The molecule has 2 atom stereocenters. The summed E-state index contributed by atoms with van der Waals surface area (Å²) in [6.07, 6.45) is 9.21. The fourth-order valence-corrected chi connectivity index (χ4v) is 4.97. The molecule has 118 valence electrons. The Morgan fingerprint density at radius 2 is 2.10 bits per heavy atom. The largest absolute Gasteiger partial charge is 0.348 e. The Kier molecular flexibility index (Phi) is 5.17. The standard InChI is InChI=1S/C17H29N3S/c1-3-13-7-6-11-20(12-10-13)17-19-16-14(18-4-2)8-5-9-15(16)21-17/h13-14,18H,3-12H2,1-2H3. The average molecular weight is 308 g/mol. The summed E-state index contributed by atoms with van der Waals surface area (Å²) < 4.78 is 0. The van der Waals surface area contributed by atoms with E-state index in [0.29, 0.717) is 6.04 Å². The molecule has 0 radical (unpaired) electrons. The van der Waals surface area contributed by atoms with Gasteiger partial charge >= 0.3 is 0 Å². The summed E-state index contributed by atoms with van der Waals surface area (Å²) in [6.45, 7) is 7.98. The van der Waals surface area contributed by atoms with Crippen LogP contribution < -0.4 is 10.2 Å². The number of fused-ring (bicyclic) bond motifs is 1. The molecule has 1 aromatic heterocycles. The lowest BCUT2D eigenvalue weighted by molar-refractivity contribution is 0.459.